The molecular formula is C18H14Cl2N2O2. The number of nitrogens with zero attached hydrogens (tertiary/aromatic N) is 1. The summed E-state index contributed by atoms with van der Waals surface area (Å²) in [6.07, 6.45) is 0.142. The highest BCUT2D eigenvalue weighted by Gasteiger charge is 2.30. The third-order valence-electron chi connectivity index (χ3n) is 3.75. The molecule has 2 aromatic carbocycles. The first-order valence-electron chi connectivity index (χ1n) is 7.32. The van der Waals surface area contributed by atoms with Crippen LogP contribution in [0, 0.1) is 0 Å². The molecule has 1 heterocycles. The van der Waals surface area contributed by atoms with Gasteiger partial charge in [0.15, 0.2) is 0 Å². The Balaban J connectivity index is 1.63. The first-order valence-corrected chi connectivity index (χ1v) is 8.07. The molecule has 0 atom stereocenters. The predicted molar refractivity (Wildman–Crippen MR) is 96.2 cm³/mol. The van der Waals surface area contributed by atoms with Crippen LogP contribution >= 0.6 is 23.2 Å². The molecule has 0 aliphatic carbocycles. The van der Waals surface area contributed by atoms with Crippen molar-refractivity contribution in [2.75, 3.05) is 11.9 Å². The number of nitrogens with one attached hydrogen (secondary N) is 1. The van der Waals surface area contributed by atoms with Crippen molar-refractivity contribution in [2.45, 2.75) is 6.42 Å². The van der Waals surface area contributed by atoms with Gasteiger partial charge in [0.1, 0.15) is 0 Å². The molecule has 122 valence electrons. The number of fused-ring (bicyclic) bond motifs is 1. The lowest BCUT2D eigenvalue weighted by atomic mass is 10.1. The number of benzene rings is 2. The van der Waals surface area contributed by atoms with Crippen molar-refractivity contribution in [3.8, 4) is 0 Å². The number of anilines is 1. The fourth-order valence-electron chi connectivity index (χ4n) is 2.63. The summed E-state index contributed by atoms with van der Waals surface area (Å²) in [5, 5.41) is 3.61. The summed E-state index contributed by atoms with van der Waals surface area (Å²) < 4.78 is 0. The Hall–Kier alpha value is -2.30. The van der Waals surface area contributed by atoms with Crippen molar-refractivity contribution in [3.05, 3.63) is 70.2 Å². The van der Waals surface area contributed by atoms with Crippen molar-refractivity contribution in [1.82, 2.24) is 4.90 Å². The molecule has 2 aromatic rings. The normalized spacial score (nSPS) is 13.2. The third kappa shape index (κ3) is 3.30. The molecule has 0 saturated carbocycles. The first kappa shape index (κ1) is 16.6. The number of carbonyl (C=O) groups is 2. The number of rotatable bonds is 4. The molecule has 0 bridgehead atoms. The standard InChI is InChI=1S/C18H14Cl2N2O2/c1-11-15-4-2-3-5-16(15)18(24)22(11)7-6-17(23)21-14-9-12(19)8-13(20)10-14/h2-5,8-10H,1,6-7H2,(H,21,23). The van der Waals surface area contributed by atoms with E-state index in [0.29, 0.717) is 27.0 Å². The van der Waals surface area contributed by atoms with Crippen LogP contribution in [0.2, 0.25) is 10.0 Å². The number of hydrogen-bond donors (Lipinski definition) is 1. The second-order valence-corrected chi connectivity index (χ2v) is 6.28. The van der Waals surface area contributed by atoms with E-state index < -0.39 is 0 Å². The highest BCUT2D eigenvalue weighted by Crippen LogP contribution is 2.31. The average Bonchev–Trinajstić information content (AvgIpc) is 2.76. The van der Waals surface area contributed by atoms with Gasteiger partial charge in [0.05, 0.1) is 0 Å². The molecule has 3 rings (SSSR count). The lowest BCUT2D eigenvalue weighted by Gasteiger charge is -2.17. The summed E-state index contributed by atoms with van der Waals surface area (Å²) >= 11 is 11.8. The van der Waals surface area contributed by atoms with Crippen LogP contribution in [0.15, 0.2) is 49.0 Å². The minimum absolute atomic E-state index is 0.130. The van der Waals surface area contributed by atoms with E-state index in [1.807, 2.05) is 18.2 Å². The monoisotopic (exact) mass is 360 g/mol. The zero-order chi connectivity index (χ0) is 17.3. The van der Waals surface area contributed by atoms with Gasteiger partial charge in [-0.15, -0.1) is 0 Å². The van der Waals surface area contributed by atoms with Gasteiger partial charge in [0.25, 0.3) is 5.91 Å². The van der Waals surface area contributed by atoms with Crippen LogP contribution in [-0.4, -0.2) is 23.3 Å². The van der Waals surface area contributed by atoms with Crippen LogP contribution in [0.1, 0.15) is 22.3 Å². The Kier molecular flexibility index (Phi) is 4.60. The molecule has 0 spiro atoms. The molecule has 0 unspecified atom stereocenters. The van der Waals surface area contributed by atoms with Gasteiger partial charge < -0.3 is 10.2 Å². The van der Waals surface area contributed by atoms with E-state index in [1.165, 1.54) is 4.90 Å². The van der Waals surface area contributed by atoms with Crippen molar-refractivity contribution < 1.29 is 9.59 Å². The van der Waals surface area contributed by atoms with E-state index in [9.17, 15) is 9.59 Å². The minimum atomic E-state index is -0.232. The molecule has 1 aliphatic heterocycles. The van der Waals surface area contributed by atoms with E-state index in [0.717, 1.165) is 5.56 Å². The zero-order valence-corrected chi connectivity index (χ0v) is 14.2. The number of carbonyl (C=O) groups excluding carboxylic acids is 2. The molecule has 0 aromatic heterocycles. The highest BCUT2D eigenvalue weighted by atomic mass is 35.5. The van der Waals surface area contributed by atoms with E-state index in [-0.39, 0.29) is 24.8 Å². The van der Waals surface area contributed by atoms with Gasteiger partial charge in [-0.3, -0.25) is 9.59 Å². The Labute approximate surface area is 149 Å². The molecule has 0 fully saturated rings. The maximum absolute atomic E-state index is 12.4. The fourth-order valence-corrected chi connectivity index (χ4v) is 3.16. The highest BCUT2D eigenvalue weighted by molar-refractivity contribution is 6.35. The molecule has 2 amide bonds. The smallest absolute Gasteiger partial charge is 0.258 e. The summed E-state index contributed by atoms with van der Waals surface area (Å²) in [6.45, 7) is 4.21. The van der Waals surface area contributed by atoms with E-state index in [2.05, 4.69) is 11.9 Å². The Morgan fingerprint density at radius 1 is 1.08 bits per heavy atom. The van der Waals surface area contributed by atoms with Gasteiger partial charge in [-0.05, 0) is 24.3 Å². The second-order valence-electron chi connectivity index (χ2n) is 5.41. The van der Waals surface area contributed by atoms with Gasteiger partial charge in [-0.25, -0.2) is 0 Å². The Morgan fingerprint density at radius 2 is 1.71 bits per heavy atom. The van der Waals surface area contributed by atoms with Crippen LogP contribution in [0.25, 0.3) is 5.70 Å². The van der Waals surface area contributed by atoms with E-state index >= 15 is 0 Å². The molecule has 6 heteroatoms. The van der Waals surface area contributed by atoms with Gasteiger partial charge in [0, 0.05) is 45.5 Å². The lowest BCUT2D eigenvalue weighted by molar-refractivity contribution is -0.116. The molecule has 0 saturated heterocycles. The largest absolute Gasteiger partial charge is 0.326 e. The van der Waals surface area contributed by atoms with E-state index in [4.69, 9.17) is 23.2 Å². The molecule has 0 radical (unpaired) electrons. The van der Waals surface area contributed by atoms with E-state index in [1.54, 1.807) is 24.3 Å². The summed E-state index contributed by atoms with van der Waals surface area (Å²) in [4.78, 5) is 26.0. The maximum atomic E-state index is 12.4. The molecule has 1 N–H and O–H groups in total. The average molecular weight is 361 g/mol. The molecule has 24 heavy (non-hydrogen) atoms. The first-order chi connectivity index (χ1) is 11.5. The second kappa shape index (κ2) is 6.67. The SMILES string of the molecule is C=C1c2ccccc2C(=O)N1CCC(=O)Nc1cc(Cl)cc(Cl)c1. The Bertz CT molecular complexity index is 793. The fraction of sp³-hybridized carbons (Fsp3) is 0.111. The minimum Gasteiger partial charge on any atom is -0.326 e. The summed E-state index contributed by atoms with van der Waals surface area (Å²) in [5.74, 6) is -0.362. The van der Waals surface area contributed by atoms with Crippen LogP contribution in [-0.2, 0) is 4.79 Å². The Morgan fingerprint density at radius 3 is 2.33 bits per heavy atom. The van der Waals surface area contributed by atoms with Crippen molar-refractivity contribution in [3.63, 3.8) is 0 Å². The quantitative estimate of drug-likeness (QED) is 0.875. The molecular weight excluding hydrogens is 347 g/mol. The third-order valence-corrected chi connectivity index (χ3v) is 4.18. The topological polar surface area (TPSA) is 49.4 Å². The van der Waals surface area contributed by atoms with Crippen LogP contribution in [0.3, 0.4) is 0 Å². The predicted octanol–water partition coefficient (Wildman–Crippen LogP) is 4.45. The van der Waals surface area contributed by atoms with Crippen molar-refractivity contribution >= 4 is 46.4 Å². The number of hydrogen-bond acceptors (Lipinski definition) is 2. The number of halogens is 2. The van der Waals surface area contributed by atoms with Gasteiger partial charge in [-0.1, -0.05) is 48.0 Å². The van der Waals surface area contributed by atoms with Crippen LogP contribution < -0.4 is 5.32 Å². The molecule has 1 aliphatic rings. The van der Waals surface area contributed by atoms with Crippen LogP contribution in [0.4, 0.5) is 5.69 Å². The molecule has 4 nitrogen and oxygen atoms in total. The van der Waals surface area contributed by atoms with Gasteiger partial charge >= 0.3 is 0 Å². The van der Waals surface area contributed by atoms with Crippen molar-refractivity contribution in [2.24, 2.45) is 0 Å². The van der Waals surface area contributed by atoms with Crippen molar-refractivity contribution in [1.29, 1.82) is 0 Å². The van der Waals surface area contributed by atoms with Gasteiger partial charge in [0.2, 0.25) is 5.91 Å². The lowest BCUT2D eigenvalue weighted by Crippen LogP contribution is -2.27. The maximum Gasteiger partial charge on any atom is 0.258 e. The number of amides is 2. The summed E-state index contributed by atoms with van der Waals surface area (Å²) in [5.41, 5.74) is 2.57. The zero-order valence-electron chi connectivity index (χ0n) is 12.7. The summed E-state index contributed by atoms with van der Waals surface area (Å²) in [7, 11) is 0. The van der Waals surface area contributed by atoms with Crippen LogP contribution in [0.5, 0.6) is 0 Å². The summed E-state index contributed by atoms with van der Waals surface area (Å²) in [6, 6.07) is 12.1. The van der Waals surface area contributed by atoms with Gasteiger partial charge in [-0.2, -0.15) is 0 Å².